The Kier molecular flexibility index (Phi) is 10.4. The molecule has 4 rings (SSSR count). The second kappa shape index (κ2) is 14.6. The Morgan fingerprint density at radius 2 is 0.929 bits per heavy atom. The number of rotatable bonds is 13. The van der Waals surface area contributed by atoms with Gasteiger partial charge in [-0.05, 0) is 73.5 Å². The number of ether oxygens (including phenoxy) is 4. The number of methoxy groups -OCH3 is 2. The maximum absolute atomic E-state index is 13.5. The summed E-state index contributed by atoms with van der Waals surface area (Å²) in [4.78, 5) is 30.3. The lowest BCUT2D eigenvalue weighted by molar-refractivity contribution is -0.122. The normalized spacial score (nSPS) is 10.5. The first-order chi connectivity index (χ1) is 20.4. The SMILES string of the molecule is COc1cc(C)ccc1OCC(=O)N(CCN(C(=O)COc1ccc(C)cc1OC)c1ccccc1)c1ccccc1. The van der Waals surface area contributed by atoms with E-state index >= 15 is 0 Å². The van der Waals surface area contributed by atoms with Gasteiger partial charge in [0.15, 0.2) is 36.2 Å². The van der Waals surface area contributed by atoms with Crippen molar-refractivity contribution in [2.24, 2.45) is 0 Å². The summed E-state index contributed by atoms with van der Waals surface area (Å²) in [5, 5.41) is 0. The highest BCUT2D eigenvalue weighted by Crippen LogP contribution is 2.29. The lowest BCUT2D eigenvalue weighted by Gasteiger charge is -2.28. The first-order valence-corrected chi connectivity index (χ1v) is 13.7. The maximum atomic E-state index is 13.5. The van der Waals surface area contributed by atoms with Gasteiger partial charge in [-0.25, -0.2) is 0 Å². The van der Waals surface area contributed by atoms with Crippen molar-refractivity contribution in [3.63, 3.8) is 0 Å². The van der Waals surface area contributed by atoms with E-state index in [0.717, 1.165) is 11.1 Å². The molecule has 0 spiro atoms. The summed E-state index contributed by atoms with van der Waals surface area (Å²) >= 11 is 0. The standard InChI is InChI=1S/C34H36N2O6/c1-25-15-17-29(31(21-25)39-3)41-23-33(37)35(27-11-7-5-8-12-27)19-20-36(28-13-9-6-10-14-28)34(38)24-42-30-18-16-26(2)22-32(30)40-4/h5-18,21-22H,19-20,23-24H2,1-4H3. The van der Waals surface area contributed by atoms with Gasteiger partial charge in [0.1, 0.15) is 0 Å². The van der Waals surface area contributed by atoms with Crippen molar-refractivity contribution >= 4 is 23.2 Å². The van der Waals surface area contributed by atoms with Crippen LogP contribution in [0.2, 0.25) is 0 Å². The number of hydrogen-bond donors (Lipinski definition) is 0. The first-order valence-electron chi connectivity index (χ1n) is 13.7. The number of amides is 2. The predicted octanol–water partition coefficient (Wildman–Crippen LogP) is 5.84. The molecule has 0 bridgehead atoms. The van der Waals surface area contributed by atoms with Gasteiger partial charge in [0.25, 0.3) is 11.8 Å². The molecule has 0 radical (unpaired) electrons. The largest absolute Gasteiger partial charge is 0.493 e. The fraction of sp³-hybridized carbons (Fsp3) is 0.235. The van der Waals surface area contributed by atoms with Gasteiger partial charge in [0, 0.05) is 24.5 Å². The number of para-hydroxylation sites is 2. The molecule has 0 unspecified atom stereocenters. The van der Waals surface area contributed by atoms with Gasteiger partial charge in [-0.15, -0.1) is 0 Å². The fourth-order valence-electron chi connectivity index (χ4n) is 4.43. The van der Waals surface area contributed by atoms with Crippen LogP contribution >= 0.6 is 0 Å². The molecule has 0 atom stereocenters. The zero-order chi connectivity index (χ0) is 29.9. The van der Waals surface area contributed by atoms with Gasteiger partial charge in [-0.3, -0.25) is 9.59 Å². The Labute approximate surface area is 247 Å². The molecule has 0 heterocycles. The molecule has 0 aliphatic heterocycles. The van der Waals surface area contributed by atoms with Crippen LogP contribution in [0.5, 0.6) is 23.0 Å². The van der Waals surface area contributed by atoms with Crippen LogP contribution in [0.25, 0.3) is 0 Å². The molecular weight excluding hydrogens is 532 g/mol. The van der Waals surface area contributed by atoms with Crippen molar-refractivity contribution in [2.75, 3.05) is 50.3 Å². The van der Waals surface area contributed by atoms with E-state index in [1.54, 1.807) is 36.2 Å². The van der Waals surface area contributed by atoms with Crippen LogP contribution in [-0.2, 0) is 9.59 Å². The third kappa shape index (κ3) is 7.81. The van der Waals surface area contributed by atoms with Gasteiger partial charge in [-0.1, -0.05) is 48.5 Å². The van der Waals surface area contributed by atoms with Crippen LogP contribution in [0.3, 0.4) is 0 Å². The smallest absolute Gasteiger partial charge is 0.264 e. The van der Waals surface area contributed by atoms with Crippen molar-refractivity contribution in [1.29, 1.82) is 0 Å². The highest BCUT2D eigenvalue weighted by molar-refractivity contribution is 5.96. The minimum atomic E-state index is -0.259. The van der Waals surface area contributed by atoms with Crippen LogP contribution in [0.4, 0.5) is 11.4 Å². The summed E-state index contributed by atoms with van der Waals surface area (Å²) in [6.07, 6.45) is 0. The molecule has 2 amide bonds. The second-order valence-electron chi connectivity index (χ2n) is 9.65. The molecule has 0 aliphatic carbocycles. The third-order valence-electron chi connectivity index (χ3n) is 6.63. The molecular formula is C34H36N2O6. The molecule has 0 saturated heterocycles. The van der Waals surface area contributed by atoms with E-state index in [1.807, 2.05) is 98.8 Å². The Balaban J connectivity index is 1.51. The summed E-state index contributed by atoms with van der Waals surface area (Å²) in [7, 11) is 3.13. The number of hydrogen-bond acceptors (Lipinski definition) is 6. The van der Waals surface area contributed by atoms with E-state index in [9.17, 15) is 9.59 Å². The van der Waals surface area contributed by atoms with Gasteiger partial charge < -0.3 is 28.7 Å². The molecule has 0 fully saturated rings. The van der Waals surface area contributed by atoms with Gasteiger partial charge in [0.2, 0.25) is 0 Å². The van der Waals surface area contributed by atoms with Crippen LogP contribution in [-0.4, -0.2) is 52.3 Å². The molecule has 4 aromatic rings. The molecule has 8 heteroatoms. The maximum Gasteiger partial charge on any atom is 0.264 e. The Bertz CT molecular complexity index is 1360. The topological polar surface area (TPSA) is 77.5 Å². The number of nitrogens with zero attached hydrogens (tertiary/aromatic N) is 2. The summed E-state index contributed by atoms with van der Waals surface area (Å²) < 4.78 is 22.6. The quantitative estimate of drug-likeness (QED) is 0.202. The van der Waals surface area contributed by atoms with Crippen LogP contribution in [0.1, 0.15) is 11.1 Å². The van der Waals surface area contributed by atoms with Crippen LogP contribution in [0, 0.1) is 13.8 Å². The lowest BCUT2D eigenvalue weighted by atomic mass is 10.2. The highest BCUT2D eigenvalue weighted by atomic mass is 16.5. The average molecular weight is 569 g/mol. The zero-order valence-corrected chi connectivity index (χ0v) is 24.4. The van der Waals surface area contributed by atoms with Crippen LogP contribution in [0.15, 0.2) is 97.1 Å². The second-order valence-corrected chi connectivity index (χ2v) is 9.65. The number of aryl methyl sites for hydroxylation is 2. The summed E-state index contributed by atoms with van der Waals surface area (Å²) in [6, 6.07) is 29.7. The monoisotopic (exact) mass is 568 g/mol. The zero-order valence-electron chi connectivity index (χ0n) is 24.4. The summed E-state index contributed by atoms with van der Waals surface area (Å²) in [5.74, 6) is 1.55. The van der Waals surface area contributed by atoms with Crippen molar-refractivity contribution in [3.05, 3.63) is 108 Å². The molecule has 42 heavy (non-hydrogen) atoms. The Morgan fingerprint density at radius 3 is 1.29 bits per heavy atom. The number of carbonyl (C=O) groups excluding carboxylic acids is 2. The van der Waals surface area contributed by atoms with E-state index in [4.69, 9.17) is 18.9 Å². The molecule has 4 aromatic carbocycles. The number of anilines is 2. The van der Waals surface area contributed by atoms with Gasteiger partial charge in [-0.2, -0.15) is 0 Å². The van der Waals surface area contributed by atoms with E-state index < -0.39 is 0 Å². The molecule has 218 valence electrons. The van der Waals surface area contributed by atoms with E-state index in [-0.39, 0.29) is 38.1 Å². The van der Waals surface area contributed by atoms with Crippen molar-refractivity contribution in [2.45, 2.75) is 13.8 Å². The Morgan fingerprint density at radius 1 is 0.548 bits per heavy atom. The minimum Gasteiger partial charge on any atom is -0.493 e. The molecule has 0 N–H and O–H groups in total. The number of benzene rings is 4. The van der Waals surface area contributed by atoms with Gasteiger partial charge in [0.05, 0.1) is 14.2 Å². The van der Waals surface area contributed by atoms with E-state index in [1.165, 1.54) is 0 Å². The van der Waals surface area contributed by atoms with Crippen molar-refractivity contribution in [1.82, 2.24) is 0 Å². The van der Waals surface area contributed by atoms with Crippen molar-refractivity contribution in [3.8, 4) is 23.0 Å². The lowest BCUT2D eigenvalue weighted by Crippen LogP contribution is -2.44. The predicted molar refractivity (Wildman–Crippen MR) is 164 cm³/mol. The number of carbonyl (C=O) groups is 2. The molecule has 8 nitrogen and oxygen atoms in total. The van der Waals surface area contributed by atoms with Crippen molar-refractivity contribution < 1.29 is 28.5 Å². The fourth-order valence-corrected chi connectivity index (χ4v) is 4.43. The van der Waals surface area contributed by atoms with E-state index in [2.05, 4.69) is 0 Å². The summed E-state index contributed by atoms with van der Waals surface area (Å²) in [5.41, 5.74) is 3.44. The Hall–Kier alpha value is -4.98. The molecule has 0 saturated carbocycles. The average Bonchev–Trinajstić information content (AvgIpc) is 3.02. The van der Waals surface area contributed by atoms with Crippen LogP contribution < -0.4 is 28.7 Å². The highest BCUT2D eigenvalue weighted by Gasteiger charge is 2.22. The third-order valence-corrected chi connectivity index (χ3v) is 6.63. The minimum absolute atomic E-state index is 0.204. The molecule has 0 aromatic heterocycles. The molecule has 0 aliphatic rings. The van der Waals surface area contributed by atoms with Gasteiger partial charge >= 0.3 is 0 Å². The summed E-state index contributed by atoms with van der Waals surface area (Å²) in [6.45, 7) is 3.96. The van der Waals surface area contributed by atoms with E-state index in [0.29, 0.717) is 34.4 Å². The first kappa shape index (κ1) is 30.0.